The van der Waals surface area contributed by atoms with E-state index >= 15 is 0 Å². The number of H-pyrrole nitrogens is 1. The average molecular weight is 457 g/mol. The Balaban J connectivity index is 1.68. The molecule has 0 saturated carbocycles. The fraction of sp³-hybridized carbons (Fsp3) is 0.185. The van der Waals surface area contributed by atoms with E-state index in [1.165, 1.54) is 0 Å². The van der Waals surface area contributed by atoms with Gasteiger partial charge in [0.25, 0.3) is 0 Å². The lowest BCUT2D eigenvalue weighted by Crippen LogP contribution is -2.37. The first-order valence-electron chi connectivity index (χ1n) is 11.1. The van der Waals surface area contributed by atoms with Gasteiger partial charge in [0.2, 0.25) is 5.91 Å². The number of amides is 1. The van der Waals surface area contributed by atoms with Crippen LogP contribution < -0.4 is 4.90 Å². The van der Waals surface area contributed by atoms with Gasteiger partial charge < -0.3 is 20.1 Å². The summed E-state index contributed by atoms with van der Waals surface area (Å²) in [4.78, 5) is 23.8. The maximum absolute atomic E-state index is 12.5. The third-order valence-corrected chi connectivity index (χ3v) is 5.71. The molecule has 4 rings (SSSR count). The average Bonchev–Trinajstić information content (AvgIpc) is 3.18. The van der Waals surface area contributed by atoms with Crippen LogP contribution in [0.4, 0.5) is 11.4 Å². The molecular formula is C27H28N4O3. The van der Waals surface area contributed by atoms with Crippen molar-refractivity contribution in [3.63, 3.8) is 0 Å². The van der Waals surface area contributed by atoms with E-state index < -0.39 is 0 Å². The van der Waals surface area contributed by atoms with Crippen molar-refractivity contribution in [2.75, 3.05) is 38.7 Å². The van der Waals surface area contributed by atoms with Gasteiger partial charge in [-0.1, -0.05) is 48.5 Å². The number of carbonyl (C=O) groups is 1. The lowest BCUT2D eigenvalue weighted by molar-refractivity contribution is -0.119. The Morgan fingerprint density at radius 1 is 0.941 bits per heavy atom. The number of aliphatic hydroxyl groups is 1. The number of rotatable bonds is 8. The molecule has 4 aromatic rings. The van der Waals surface area contributed by atoms with Crippen molar-refractivity contribution < 1.29 is 15.0 Å². The van der Waals surface area contributed by atoms with Crippen LogP contribution in [0.25, 0.3) is 10.9 Å². The minimum Gasteiger partial charge on any atom is -0.494 e. The second-order valence-electron chi connectivity index (χ2n) is 8.15. The molecule has 1 aromatic heterocycles. The van der Waals surface area contributed by atoms with Crippen molar-refractivity contribution in [2.45, 2.75) is 0 Å². The Morgan fingerprint density at radius 3 is 2.32 bits per heavy atom. The first-order valence-corrected chi connectivity index (χ1v) is 11.1. The van der Waals surface area contributed by atoms with Crippen molar-refractivity contribution in [3.05, 3.63) is 90.0 Å². The van der Waals surface area contributed by atoms with Crippen molar-refractivity contribution in [1.82, 2.24) is 9.88 Å². The summed E-state index contributed by atoms with van der Waals surface area (Å²) in [6, 6.07) is 24.9. The zero-order valence-electron chi connectivity index (χ0n) is 19.3. The van der Waals surface area contributed by atoms with Gasteiger partial charge in [-0.2, -0.15) is 0 Å². The minimum absolute atomic E-state index is 0.00985. The number of nitrogens with one attached hydrogen (secondary N) is 1. The van der Waals surface area contributed by atoms with Crippen LogP contribution in [-0.2, 0) is 4.79 Å². The van der Waals surface area contributed by atoms with E-state index in [0.717, 1.165) is 22.2 Å². The number of aromatic amines is 1. The highest BCUT2D eigenvalue weighted by molar-refractivity contribution is 6.21. The molecule has 0 fully saturated rings. The monoisotopic (exact) mass is 456 g/mol. The highest BCUT2D eigenvalue weighted by atomic mass is 16.3. The van der Waals surface area contributed by atoms with Crippen LogP contribution >= 0.6 is 0 Å². The molecule has 3 N–H and O–H groups in total. The van der Waals surface area contributed by atoms with Gasteiger partial charge in [-0.05, 0) is 37.4 Å². The molecule has 0 radical (unpaired) electrons. The van der Waals surface area contributed by atoms with E-state index in [4.69, 9.17) is 10.1 Å². The number of fused-ring (bicyclic) bond motifs is 1. The molecular weight excluding hydrogens is 428 g/mol. The molecule has 34 heavy (non-hydrogen) atoms. The number of aromatic nitrogens is 1. The number of benzene rings is 3. The van der Waals surface area contributed by atoms with Gasteiger partial charge in [-0.15, -0.1) is 0 Å². The minimum atomic E-state index is -0.0686. The van der Waals surface area contributed by atoms with Crippen LogP contribution in [0.3, 0.4) is 0 Å². The van der Waals surface area contributed by atoms with Crippen LogP contribution in [-0.4, -0.2) is 65.5 Å². The highest BCUT2D eigenvalue weighted by Gasteiger charge is 2.18. The summed E-state index contributed by atoms with van der Waals surface area (Å²) in [5.41, 5.74) is 4.46. The number of aliphatic imine (C=N–C) groups is 1. The van der Waals surface area contributed by atoms with Crippen LogP contribution in [0, 0.1) is 0 Å². The molecule has 1 amide bonds. The van der Waals surface area contributed by atoms with E-state index in [1.807, 2.05) is 78.9 Å². The molecule has 7 heteroatoms. The standard InChI is InChI=1S/C27H28N4O3/c1-30(16-17-32)18-24(33)31(2)21-14-12-20(13-15-21)28-26(19-8-4-3-5-9-19)25-22-10-6-7-11-23(22)29-27(25)34/h3-15,29,32,34H,16-18H2,1-2H3. The van der Waals surface area contributed by atoms with Gasteiger partial charge in [0.1, 0.15) is 0 Å². The third-order valence-electron chi connectivity index (χ3n) is 5.71. The first-order chi connectivity index (χ1) is 16.5. The van der Waals surface area contributed by atoms with Crippen molar-refractivity contribution in [1.29, 1.82) is 0 Å². The number of aliphatic hydroxyl groups excluding tert-OH is 1. The molecule has 0 saturated heterocycles. The smallest absolute Gasteiger partial charge is 0.240 e. The lowest BCUT2D eigenvalue weighted by atomic mass is 10.0. The summed E-state index contributed by atoms with van der Waals surface area (Å²) >= 11 is 0. The maximum Gasteiger partial charge on any atom is 0.240 e. The fourth-order valence-electron chi connectivity index (χ4n) is 3.84. The highest BCUT2D eigenvalue weighted by Crippen LogP contribution is 2.31. The molecule has 0 bridgehead atoms. The zero-order chi connectivity index (χ0) is 24.1. The molecule has 0 aliphatic rings. The van der Waals surface area contributed by atoms with Crippen LogP contribution in [0.5, 0.6) is 5.88 Å². The van der Waals surface area contributed by atoms with Gasteiger partial charge >= 0.3 is 0 Å². The quantitative estimate of drug-likeness (QED) is 0.350. The summed E-state index contributed by atoms with van der Waals surface area (Å²) in [5, 5.41) is 20.7. The fourth-order valence-corrected chi connectivity index (χ4v) is 3.84. The van der Waals surface area contributed by atoms with E-state index in [-0.39, 0.29) is 24.9 Å². The molecule has 7 nitrogen and oxygen atoms in total. The second kappa shape index (κ2) is 10.3. The Bertz CT molecular complexity index is 1300. The number of hydrogen-bond donors (Lipinski definition) is 3. The van der Waals surface area contributed by atoms with Crippen molar-refractivity contribution in [2.24, 2.45) is 4.99 Å². The number of hydrogen-bond acceptors (Lipinski definition) is 5. The topological polar surface area (TPSA) is 92.2 Å². The van der Waals surface area contributed by atoms with Gasteiger partial charge in [0, 0.05) is 35.7 Å². The molecule has 0 aliphatic carbocycles. The molecule has 0 atom stereocenters. The molecule has 3 aromatic carbocycles. The Kier molecular flexibility index (Phi) is 7.06. The maximum atomic E-state index is 12.5. The zero-order valence-corrected chi connectivity index (χ0v) is 19.3. The summed E-state index contributed by atoms with van der Waals surface area (Å²) in [5.74, 6) is -0.00126. The largest absolute Gasteiger partial charge is 0.494 e. The normalized spacial score (nSPS) is 11.8. The van der Waals surface area contributed by atoms with Crippen molar-refractivity contribution in [3.8, 4) is 5.88 Å². The number of nitrogens with zero attached hydrogens (tertiary/aromatic N) is 3. The van der Waals surface area contributed by atoms with E-state index in [1.54, 1.807) is 23.9 Å². The predicted octanol–water partition coefficient (Wildman–Crippen LogP) is 3.93. The van der Waals surface area contributed by atoms with E-state index in [9.17, 15) is 9.90 Å². The predicted molar refractivity (Wildman–Crippen MR) is 136 cm³/mol. The van der Waals surface area contributed by atoms with Gasteiger partial charge in [-0.25, -0.2) is 4.99 Å². The second-order valence-corrected chi connectivity index (χ2v) is 8.15. The molecule has 0 unspecified atom stereocenters. The molecule has 0 spiro atoms. The van der Waals surface area contributed by atoms with Gasteiger partial charge in [0.05, 0.1) is 30.1 Å². The SMILES string of the molecule is CN(CCO)CC(=O)N(C)c1ccc(N=C(c2ccccc2)c2c(O)[nH]c3ccccc23)cc1. The Labute approximate surface area is 198 Å². The van der Waals surface area contributed by atoms with E-state index in [2.05, 4.69) is 4.98 Å². The molecule has 0 aliphatic heterocycles. The van der Waals surface area contributed by atoms with Crippen LogP contribution in [0.2, 0.25) is 0 Å². The summed E-state index contributed by atoms with van der Waals surface area (Å²) < 4.78 is 0. The number of aromatic hydroxyl groups is 1. The molecule has 174 valence electrons. The third kappa shape index (κ3) is 5.01. The van der Waals surface area contributed by atoms with Crippen LogP contribution in [0.1, 0.15) is 11.1 Å². The first kappa shape index (κ1) is 23.2. The van der Waals surface area contributed by atoms with Gasteiger partial charge in [0.15, 0.2) is 5.88 Å². The lowest BCUT2D eigenvalue weighted by Gasteiger charge is -2.21. The van der Waals surface area contributed by atoms with E-state index in [0.29, 0.717) is 23.5 Å². The Hall–Kier alpha value is -3.94. The Morgan fingerprint density at radius 2 is 1.62 bits per heavy atom. The van der Waals surface area contributed by atoms with Crippen molar-refractivity contribution >= 4 is 33.9 Å². The molecule has 1 heterocycles. The van der Waals surface area contributed by atoms with Gasteiger partial charge in [-0.3, -0.25) is 9.69 Å². The number of para-hydroxylation sites is 1. The summed E-state index contributed by atoms with van der Waals surface area (Å²) in [7, 11) is 3.53. The summed E-state index contributed by atoms with van der Waals surface area (Å²) in [6.07, 6.45) is 0. The number of likely N-dealkylation sites (N-methyl/N-ethyl adjacent to an activating group) is 2. The summed E-state index contributed by atoms with van der Waals surface area (Å²) in [6.45, 7) is 0.668. The van der Waals surface area contributed by atoms with Crippen LogP contribution in [0.15, 0.2) is 83.9 Å². The number of anilines is 1. The number of carbonyl (C=O) groups excluding carboxylic acids is 1.